The van der Waals surface area contributed by atoms with Gasteiger partial charge in [0.1, 0.15) is 5.69 Å². The Kier molecular flexibility index (Phi) is 4.71. The lowest BCUT2D eigenvalue weighted by molar-refractivity contribution is 0.00370. The first kappa shape index (κ1) is 17.5. The quantitative estimate of drug-likeness (QED) is 0.892. The average molecular weight is 356 g/mol. The highest BCUT2D eigenvalue weighted by molar-refractivity contribution is 5.67. The first-order valence-corrected chi connectivity index (χ1v) is 9.55. The summed E-state index contributed by atoms with van der Waals surface area (Å²) in [5.74, 6) is 0. The molecule has 0 radical (unpaired) electrons. The third-order valence-corrected chi connectivity index (χ3v) is 5.58. The van der Waals surface area contributed by atoms with Gasteiger partial charge in [0.05, 0.1) is 25.5 Å². The predicted octanol–water partition coefficient (Wildman–Crippen LogP) is 2.64. The summed E-state index contributed by atoms with van der Waals surface area (Å²) >= 11 is 0. The normalized spacial score (nSPS) is 22.3. The summed E-state index contributed by atoms with van der Waals surface area (Å²) in [6.07, 6.45) is 5.78. The second-order valence-electron chi connectivity index (χ2n) is 8.14. The average Bonchev–Trinajstić information content (AvgIpc) is 3.08. The van der Waals surface area contributed by atoms with Crippen LogP contribution in [0.1, 0.15) is 31.7 Å². The predicted molar refractivity (Wildman–Crippen MR) is 101 cm³/mol. The molecule has 2 fully saturated rings. The van der Waals surface area contributed by atoms with Gasteiger partial charge in [-0.1, -0.05) is 18.2 Å². The summed E-state index contributed by atoms with van der Waals surface area (Å²) in [6.45, 7) is 7.93. The van der Waals surface area contributed by atoms with Crippen LogP contribution in [0.2, 0.25) is 0 Å². The van der Waals surface area contributed by atoms with Crippen LogP contribution < -0.4 is 4.90 Å². The molecule has 0 unspecified atom stereocenters. The number of hydrogen-bond acceptors (Lipinski definition) is 5. The van der Waals surface area contributed by atoms with E-state index in [1.54, 1.807) is 0 Å². The van der Waals surface area contributed by atoms with E-state index in [9.17, 15) is 5.11 Å². The fourth-order valence-electron chi connectivity index (χ4n) is 3.96. The van der Waals surface area contributed by atoms with Gasteiger partial charge >= 0.3 is 0 Å². The Bertz CT molecular complexity index is 761. The molecule has 1 aromatic carbocycles. The minimum absolute atomic E-state index is 0.0382. The summed E-state index contributed by atoms with van der Waals surface area (Å²) < 4.78 is 7.70. The van der Waals surface area contributed by atoms with Gasteiger partial charge in [0.15, 0.2) is 0 Å². The van der Waals surface area contributed by atoms with Gasteiger partial charge in [-0.05, 0) is 43.9 Å². The summed E-state index contributed by atoms with van der Waals surface area (Å²) in [7, 11) is 0. The van der Waals surface area contributed by atoms with Crippen LogP contribution >= 0.6 is 0 Å². The van der Waals surface area contributed by atoms with E-state index < -0.39 is 0 Å². The molecule has 1 atom stereocenters. The molecule has 4 rings (SSSR count). The molecule has 6 nitrogen and oxygen atoms in total. The number of hydrogen-bond donors (Lipinski definition) is 1. The molecule has 2 saturated heterocycles. The van der Waals surface area contributed by atoms with Crippen LogP contribution in [0.3, 0.4) is 0 Å². The van der Waals surface area contributed by atoms with Crippen molar-refractivity contribution in [1.29, 1.82) is 0 Å². The van der Waals surface area contributed by atoms with E-state index in [1.807, 2.05) is 10.9 Å². The van der Waals surface area contributed by atoms with Crippen molar-refractivity contribution in [1.82, 2.24) is 15.0 Å². The Morgan fingerprint density at radius 3 is 2.85 bits per heavy atom. The maximum absolute atomic E-state index is 9.42. The van der Waals surface area contributed by atoms with Crippen molar-refractivity contribution < 1.29 is 9.84 Å². The van der Waals surface area contributed by atoms with E-state index in [2.05, 4.69) is 47.3 Å². The molecule has 3 heterocycles. The summed E-state index contributed by atoms with van der Waals surface area (Å²) in [4.78, 5) is 2.31. The zero-order valence-corrected chi connectivity index (χ0v) is 15.7. The lowest BCUT2D eigenvalue weighted by Gasteiger charge is -2.48. The topological polar surface area (TPSA) is 63.4 Å². The molecule has 2 aliphatic heterocycles. The molecule has 1 N–H and O–H groups in total. The monoisotopic (exact) mass is 356 g/mol. The molecule has 0 amide bonds. The summed E-state index contributed by atoms with van der Waals surface area (Å²) in [6, 6.07) is 6.48. The van der Waals surface area contributed by atoms with Crippen LogP contribution in [0.5, 0.6) is 0 Å². The molecule has 1 aromatic heterocycles. The molecular formula is C20H28N4O2. The second kappa shape index (κ2) is 7.00. The minimum atomic E-state index is 0.0382. The number of rotatable bonds is 5. The van der Waals surface area contributed by atoms with Crippen LogP contribution in [-0.2, 0) is 11.3 Å². The number of aliphatic hydroxyl groups excluding tert-OH is 1. The van der Waals surface area contributed by atoms with Crippen LogP contribution in [-0.4, -0.2) is 52.5 Å². The van der Waals surface area contributed by atoms with Crippen molar-refractivity contribution >= 4 is 5.69 Å². The highest BCUT2D eigenvalue weighted by Crippen LogP contribution is 2.35. The summed E-state index contributed by atoms with van der Waals surface area (Å²) in [5, 5.41) is 18.1. The van der Waals surface area contributed by atoms with Gasteiger partial charge in [-0.25, -0.2) is 4.68 Å². The zero-order chi connectivity index (χ0) is 18.1. The van der Waals surface area contributed by atoms with Gasteiger partial charge in [0.25, 0.3) is 0 Å². The number of aliphatic hydroxyl groups is 1. The van der Waals surface area contributed by atoms with Crippen LogP contribution in [0, 0.1) is 12.3 Å². The first-order valence-electron chi connectivity index (χ1n) is 9.55. The van der Waals surface area contributed by atoms with Gasteiger partial charge in [0.2, 0.25) is 0 Å². The number of aromatic nitrogens is 3. The molecule has 0 spiro atoms. The van der Waals surface area contributed by atoms with E-state index in [0.717, 1.165) is 43.9 Å². The Morgan fingerprint density at radius 1 is 1.31 bits per heavy atom. The molecule has 26 heavy (non-hydrogen) atoms. The first-order chi connectivity index (χ1) is 12.6. The molecule has 0 saturated carbocycles. The molecule has 2 aromatic rings. The number of benzene rings is 1. The number of nitrogens with zero attached hydrogens (tertiary/aromatic N) is 4. The number of aryl methyl sites for hydroxylation is 1. The highest BCUT2D eigenvalue weighted by Gasteiger charge is 2.38. The van der Waals surface area contributed by atoms with Crippen molar-refractivity contribution in [2.75, 3.05) is 31.2 Å². The second-order valence-corrected chi connectivity index (χ2v) is 8.14. The summed E-state index contributed by atoms with van der Waals surface area (Å²) in [5.41, 5.74) is 4.47. The molecule has 0 aliphatic carbocycles. The standard InChI is InChI=1S/C20H28N4O2/c1-15-9-16(23-12-20(2,13-23)14-25)6-7-18(15)19-11-24(22-21-19)10-17-5-3-4-8-26-17/h6-7,9,11,17,25H,3-5,8,10,12-14H2,1-2H3/t17-/m1/s1. The van der Waals surface area contributed by atoms with Gasteiger partial charge in [-0.3, -0.25) is 0 Å². The smallest absolute Gasteiger partial charge is 0.113 e. The van der Waals surface area contributed by atoms with Crippen LogP contribution in [0.4, 0.5) is 5.69 Å². The van der Waals surface area contributed by atoms with E-state index in [-0.39, 0.29) is 18.1 Å². The van der Waals surface area contributed by atoms with Gasteiger partial charge < -0.3 is 14.7 Å². The number of ether oxygens (including phenoxy) is 1. The fraction of sp³-hybridized carbons (Fsp3) is 0.600. The zero-order valence-electron chi connectivity index (χ0n) is 15.7. The van der Waals surface area contributed by atoms with E-state index >= 15 is 0 Å². The van der Waals surface area contributed by atoms with Crippen LogP contribution in [0.25, 0.3) is 11.3 Å². The van der Waals surface area contributed by atoms with Crippen LogP contribution in [0.15, 0.2) is 24.4 Å². The molecule has 140 valence electrons. The van der Waals surface area contributed by atoms with Crippen molar-refractivity contribution in [2.45, 2.75) is 45.8 Å². The lowest BCUT2D eigenvalue weighted by Crippen LogP contribution is -2.56. The van der Waals surface area contributed by atoms with Crippen molar-refractivity contribution in [3.8, 4) is 11.3 Å². The third-order valence-electron chi connectivity index (χ3n) is 5.58. The fourth-order valence-corrected chi connectivity index (χ4v) is 3.96. The van der Waals surface area contributed by atoms with Gasteiger partial charge in [-0.15, -0.1) is 5.10 Å². The van der Waals surface area contributed by atoms with E-state index in [4.69, 9.17) is 4.74 Å². The molecule has 0 bridgehead atoms. The molecular weight excluding hydrogens is 328 g/mol. The van der Waals surface area contributed by atoms with E-state index in [0.29, 0.717) is 0 Å². The Morgan fingerprint density at radius 2 is 2.15 bits per heavy atom. The van der Waals surface area contributed by atoms with Crippen molar-refractivity contribution in [3.05, 3.63) is 30.0 Å². The Balaban J connectivity index is 1.45. The van der Waals surface area contributed by atoms with Gasteiger partial charge in [-0.2, -0.15) is 0 Å². The highest BCUT2D eigenvalue weighted by atomic mass is 16.5. The lowest BCUT2D eigenvalue weighted by atomic mass is 9.82. The third kappa shape index (κ3) is 3.48. The van der Waals surface area contributed by atoms with Gasteiger partial charge in [0, 0.05) is 36.4 Å². The number of anilines is 1. The minimum Gasteiger partial charge on any atom is -0.396 e. The molecule has 2 aliphatic rings. The van der Waals surface area contributed by atoms with Crippen molar-refractivity contribution in [3.63, 3.8) is 0 Å². The SMILES string of the molecule is Cc1cc(N2CC(C)(CO)C2)ccc1-c1cn(C[C@H]2CCCCO2)nn1. The Labute approximate surface area is 154 Å². The maximum atomic E-state index is 9.42. The Hall–Kier alpha value is -1.92. The largest absolute Gasteiger partial charge is 0.396 e. The molecule has 6 heteroatoms. The maximum Gasteiger partial charge on any atom is 0.113 e. The van der Waals surface area contributed by atoms with E-state index in [1.165, 1.54) is 24.1 Å². The van der Waals surface area contributed by atoms with Crippen molar-refractivity contribution in [2.24, 2.45) is 5.41 Å².